The van der Waals surface area contributed by atoms with Crippen LogP contribution in [0.3, 0.4) is 0 Å². The van der Waals surface area contributed by atoms with Crippen LogP contribution < -0.4 is 11.1 Å². The normalized spacial score (nSPS) is 14.9. The highest BCUT2D eigenvalue weighted by molar-refractivity contribution is 7.84. The van der Waals surface area contributed by atoms with Gasteiger partial charge in [-0.1, -0.05) is 18.2 Å². The number of carbonyl (C=O) groups is 2. The maximum atomic E-state index is 12.1. The van der Waals surface area contributed by atoms with Crippen molar-refractivity contribution in [2.45, 2.75) is 24.9 Å². The minimum absolute atomic E-state index is 0.150. The van der Waals surface area contributed by atoms with Crippen molar-refractivity contribution in [2.75, 3.05) is 12.0 Å². The Labute approximate surface area is 142 Å². The van der Waals surface area contributed by atoms with E-state index in [1.165, 1.54) is 6.26 Å². The van der Waals surface area contributed by atoms with Crippen LogP contribution in [-0.4, -0.2) is 50.3 Å². The van der Waals surface area contributed by atoms with Crippen LogP contribution in [0.5, 0.6) is 0 Å². The Bertz CT molecular complexity index is 759. The molecule has 0 fully saturated rings. The van der Waals surface area contributed by atoms with Crippen LogP contribution in [-0.2, 0) is 26.8 Å². The summed E-state index contributed by atoms with van der Waals surface area (Å²) >= 11 is 0. The first kappa shape index (κ1) is 18.2. The second kappa shape index (κ2) is 8.07. The van der Waals surface area contributed by atoms with E-state index >= 15 is 0 Å². The first-order valence-electron chi connectivity index (χ1n) is 7.52. The van der Waals surface area contributed by atoms with Crippen molar-refractivity contribution < 1.29 is 18.9 Å². The minimum Gasteiger partial charge on any atom is -0.480 e. The number of nitrogens with one attached hydrogen (secondary N) is 2. The first-order valence-corrected chi connectivity index (χ1v) is 9.25. The molecule has 0 saturated heterocycles. The molecular weight excluding hydrogens is 330 g/mol. The number of rotatable bonds is 8. The third-order valence-electron chi connectivity index (χ3n) is 3.77. The Morgan fingerprint density at radius 1 is 1.38 bits per heavy atom. The fourth-order valence-electron chi connectivity index (χ4n) is 2.42. The molecule has 0 aliphatic heterocycles. The van der Waals surface area contributed by atoms with Crippen molar-refractivity contribution in [3.63, 3.8) is 0 Å². The summed E-state index contributed by atoms with van der Waals surface area (Å²) < 4.78 is 11.1. The molecule has 0 bridgehead atoms. The molecule has 1 heterocycles. The van der Waals surface area contributed by atoms with E-state index in [1.54, 1.807) is 6.20 Å². The second-order valence-electron chi connectivity index (χ2n) is 5.64. The number of aromatic amines is 1. The zero-order valence-electron chi connectivity index (χ0n) is 13.3. The average Bonchev–Trinajstić information content (AvgIpc) is 2.94. The van der Waals surface area contributed by atoms with Crippen LogP contribution in [0, 0.1) is 0 Å². The number of fused-ring (bicyclic) bond motifs is 1. The summed E-state index contributed by atoms with van der Waals surface area (Å²) in [6, 6.07) is 5.59. The van der Waals surface area contributed by atoms with Gasteiger partial charge in [0.25, 0.3) is 0 Å². The lowest BCUT2D eigenvalue weighted by Gasteiger charge is -2.17. The number of benzene rings is 1. The summed E-state index contributed by atoms with van der Waals surface area (Å²) in [5, 5.41) is 12.8. The number of hydrogen-bond acceptors (Lipinski definition) is 4. The van der Waals surface area contributed by atoms with Crippen molar-refractivity contribution in [2.24, 2.45) is 5.73 Å². The Balaban J connectivity index is 2.05. The smallest absolute Gasteiger partial charge is 0.326 e. The lowest BCUT2D eigenvalue weighted by molar-refractivity contribution is -0.142. The molecule has 2 rings (SSSR count). The van der Waals surface area contributed by atoms with Crippen LogP contribution in [0.15, 0.2) is 30.5 Å². The molecule has 1 aromatic carbocycles. The molecule has 0 radical (unpaired) electrons. The number of aromatic nitrogens is 1. The van der Waals surface area contributed by atoms with E-state index in [-0.39, 0.29) is 12.8 Å². The lowest BCUT2D eigenvalue weighted by Crippen LogP contribution is -2.49. The van der Waals surface area contributed by atoms with Gasteiger partial charge in [-0.2, -0.15) is 0 Å². The van der Waals surface area contributed by atoms with Crippen LogP contribution in [0.1, 0.15) is 12.0 Å². The van der Waals surface area contributed by atoms with E-state index in [1.807, 2.05) is 24.3 Å². The highest BCUT2D eigenvalue weighted by Crippen LogP contribution is 2.19. The highest BCUT2D eigenvalue weighted by Gasteiger charge is 2.24. The van der Waals surface area contributed by atoms with Crippen LogP contribution in [0.4, 0.5) is 0 Å². The van der Waals surface area contributed by atoms with E-state index in [0.29, 0.717) is 5.75 Å². The SMILES string of the molecule is CS(=O)CC[C@H](N)C(=O)N[C@@H](Cc1c[nH]c2ccccc12)C(=O)O. The number of carbonyl (C=O) groups excluding carboxylic acids is 1. The molecule has 5 N–H and O–H groups in total. The summed E-state index contributed by atoms with van der Waals surface area (Å²) in [4.78, 5) is 26.6. The summed E-state index contributed by atoms with van der Waals surface area (Å²) in [6.45, 7) is 0. The topological polar surface area (TPSA) is 125 Å². The van der Waals surface area contributed by atoms with Crippen LogP contribution in [0.2, 0.25) is 0 Å². The average molecular weight is 351 g/mol. The van der Waals surface area contributed by atoms with Crippen molar-refractivity contribution in [1.29, 1.82) is 0 Å². The van der Waals surface area contributed by atoms with Gasteiger partial charge in [0.15, 0.2) is 0 Å². The lowest BCUT2D eigenvalue weighted by atomic mass is 10.0. The maximum absolute atomic E-state index is 12.1. The number of aliphatic carboxylic acids is 1. The molecule has 0 aliphatic carbocycles. The molecule has 0 saturated carbocycles. The Hall–Kier alpha value is -2.19. The molecule has 0 spiro atoms. The van der Waals surface area contributed by atoms with Gasteiger partial charge in [0.2, 0.25) is 5.91 Å². The molecule has 24 heavy (non-hydrogen) atoms. The van der Waals surface area contributed by atoms with Gasteiger partial charge >= 0.3 is 5.97 Å². The molecule has 8 heteroatoms. The zero-order valence-corrected chi connectivity index (χ0v) is 14.1. The molecule has 1 unspecified atom stereocenters. The number of carboxylic acid groups (broad SMARTS) is 1. The van der Waals surface area contributed by atoms with Gasteiger partial charge in [-0.15, -0.1) is 0 Å². The maximum Gasteiger partial charge on any atom is 0.326 e. The molecule has 130 valence electrons. The molecule has 1 amide bonds. The summed E-state index contributed by atoms with van der Waals surface area (Å²) in [6.07, 6.45) is 3.67. The quantitative estimate of drug-likeness (QED) is 0.547. The Kier molecular flexibility index (Phi) is 6.10. The number of para-hydroxylation sites is 1. The molecular formula is C16H21N3O4S. The summed E-state index contributed by atoms with van der Waals surface area (Å²) in [5.74, 6) is -1.37. The number of nitrogens with two attached hydrogens (primary N) is 1. The van der Waals surface area contributed by atoms with E-state index in [4.69, 9.17) is 5.73 Å². The minimum atomic E-state index is -1.13. The number of hydrogen-bond donors (Lipinski definition) is 4. The van der Waals surface area contributed by atoms with Crippen LogP contribution >= 0.6 is 0 Å². The first-order chi connectivity index (χ1) is 11.4. The van der Waals surface area contributed by atoms with Gasteiger partial charge in [-0.25, -0.2) is 4.79 Å². The molecule has 7 nitrogen and oxygen atoms in total. The fourth-order valence-corrected chi connectivity index (χ4v) is 3.01. The Morgan fingerprint density at radius 2 is 2.08 bits per heavy atom. The largest absolute Gasteiger partial charge is 0.480 e. The number of H-pyrrole nitrogens is 1. The third-order valence-corrected chi connectivity index (χ3v) is 4.58. The van der Waals surface area contributed by atoms with E-state index < -0.39 is 34.8 Å². The van der Waals surface area contributed by atoms with E-state index in [0.717, 1.165) is 16.5 Å². The number of carboxylic acids is 1. The second-order valence-corrected chi connectivity index (χ2v) is 7.19. The van der Waals surface area contributed by atoms with Crippen molar-refractivity contribution >= 4 is 33.6 Å². The van der Waals surface area contributed by atoms with Crippen LogP contribution in [0.25, 0.3) is 10.9 Å². The van der Waals surface area contributed by atoms with Gasteiger partial charge in [-0.05, 0) is 18.1 Å². The number of amides is 1. The van der Waals surface area contributed by atoms with Gasteiger partial charge in [0, 0.05) is 46.3 Å². The monoisotopic (exact) mass is 351 g/mol. The molecule has 3 atom stereocenters. The predicted octanol–water partition coefficient (Wildman–Crippen LogP) is 0.376. The van der Waals surface area contributed by atoms with Gasteiger partial charge in [0.1, 0.15) is 6.04 Å². The van der Waals surface area contributed by atoms with Gasteiger partial charge in [0.05, 0.1) is 6.04 Å². The van der Waals surface area contributed by atoms with Crippen molar-refractivity contribution in [1.82, 2.24) is 10.3 Å². The molecule has 0 aliphatic rings. The van der Waals surface area contributed by atoms with Crippen molar-refractivity contribution in [3.05, 3.63) is 36.0 Å². The van der Waals surface area contributed by atoms with Crippen molar-refractivity contribution in [3.8, 4) is 0 Å². The zero-order chi connectivity index (χ0) is 17.7. The fraction of sp³-hybridized carbons (Fsp3) is 0.375. The van der Waals surface area contributed by atoms with E-state index in [9.17, 15) is 18.9 Å². The highest BCUT2D eigenvalue weighted by atomic mass is 32.2. The summed E-state index contributed by atoms with van der Waals surface area (Å²) in [7, 11) is -1.05. The Morgan fingerprint density at radius 3 is 2.75 bits per heavy atom. The molecule has 1 aromatic heterocycles. The summed E-state index contributed by atoms with van der Waals surface area (Å²) in [5.41, 5.74) is 7.45. The van der Waals surface area contributed by atoms with Gasteiger partial charge in [-0.3, -0.25) is 9.00 Å². The standard InChI is InChI=1S/C16H21N3O4S/c1-24(23)7-6-12(17)15(20)19-14(16(21)22)8-10-9-18-13-5-3-2-4-11(10)13/h2-5,9,12,14,18H,6-8,17H2,1H3,(H,19,20)(H,21,22)/t12-,14-,24?/m0/s1. The predicted molar refractivity (Wildman–Crippen MR) is 93.1 cm³/mol. The third kappa shape index (κ3) is 4.65. The molecule has 2 aromatic rings. The van der Waals surface area contributed by atoms with E-state index in [2.05, 4.69) is 10.3 Å². The van der Waals surface area contributed by atoms with Gasteiger partial charge < -0.3 is 21.1 Å².